The second kappa shape index (κ2) is 8.68. The maximum Gasteiger partial charge on any atom is 0.185 e. The van der Waals surface area contributed by atoms with Crippen LogP contribution in [0.4, 0.5) is 5.13 Å². The number of methoxy groups -OCH3 is 2. The zero-order valence-corrected chi connectivity index (χ0v) is 14.1. The molecule has 1 aromatic rings. The second-order valence-electron chi connectivity index (χ2n) is 5.54. The highest BCUT2D eigenvalue weighted by atomic mass is 32.1. The van der Waals surface area contributed by atoms with Gasteiger partial charge in [-0.1, -0.05) is 0 Å². The number of rotatable bonds is 11. The highest BCUT2D eigenvalue weighted by Gasteiger charge is 2.33. The van der Waals surface area contributed by atoms with Crippen molar-refractivity contribution >= 4 is 16.5 Å². The van der Waals surface area contributed by atoms with Crippen LogP contribution in [0.2, 0.25) is 0 Å². The fraction of sp³-hybridized carbons (Fsp3) is 0.800. The Hall–Kier alpha value is -0.690. The number of nitrogens with zero attached hydrogens (tertiary/aromatic N) is 2. The van der Waals surface area contributed by atoms with Crippen LogP contribution < -0.4 is 10.2 Å². The highest BCUT2D eigenvalue weighted by molar-refractivity contribution is 7.15. The van der Waals surface area contributed by atoms with E-state index in [1.54, 1.807) is 25.6 Å². The number of aromatic nitrogens is 1. The van der Waals surface area contributed by atoms with E-state index in [9.17, 15) is 0 Å². The molecule has 1 aliphatic rings. The second-order valence-corrected chi connectivity index (χ2v) is 6.64. The normalized spacial score (nSPS) is 16.1. The third-order valence-corrected chi connectivity index (χ3v) is 4.94. The predicted octanol–water partition coefficient (Wildman–Crippen LogP) is 2.13. The molecule has 1 aliphatic carbocycles. The fourth-order valence-electron chi connectivity index (χ4n) is 2.39. The Morgan fingerprint density at radius 1 is 1.38 bits per heavy atom. The molecule has 5 nitrogen and oxygen atoms in total. The number of ether oxygens (including phenoxy) is 2. The van der Waals surface area contributed by atoms with Crippen LogP contribution >= 0.6 is 11.3 Å². The summed E-state index contributed by atoms with van der Waals surface area (Å²) >= 11 is 1.78. The van der Waals surface area contributed by atoms with Crippen molar-refractivity contribution in [1.29, 1.82) is 0 Å². The van der Waals surface area contributed by atoms with Gasteiger partial charge in [-0.2, -0.15) is 0 Å². The van der Waals surface area contributed by atoms with Gasteiger partial charge >= 0.3 is 0 Å². The van der Waals surface area contributed by atoms with Gasteiger partial charge in [-0.3, -0.25) is 0 Å². The molecule has 1 saturated carbocycles. The summed E-state index contributed by atoms with van der Waals surface area (Å²) in [5.41, 5.74) is 0. The molecule has 2 rings (SSSR count). The van der Waals surface area contributed by atoms with Crippen LogP contribution in [0.5, 0.6) is 0 Å². The summed E-state index contributed by atoms with van der Waals surface area (Å²) in [6, 6.07) is 0.556. The van der Waals surface area contributed by atoms with Crippen LogP contribution in [0, 0.1) is 5.92 Å². The first-order chi connectivity index (χ1) is 10.3. The maximum absolute atomic E-state index is 5.25. The Morgan fingerprint density at radius 3 is 2.81 bits per heavy atom. The summed E-state index contributed by atoms with van der Waals surface area (Å²) in [6.45, 7) is 6.44. The SMILES string of the molecule is COCCNCc1cnc(N(CCOC)C(C)C2CC2)s1. The third kappa shape index (κ3) is 5.21. The van der Waals surface area contributed by atoms with Gasteiger partial charge in [-0.25, -0.2) is 4.98 Å². The van der Waals surface area contributed by atoms with Crippen molar-refractivity contribution in [2.24, 2.45) is 5.92 Å². The van der Waals surface area contributed by atoms with Crippen LogP contribution in [-0.2, 0) is 16.0 Å². The summed E-state index contributed by atoms with van der Waals surface area (Å²) in [5.74, 6) is 0.828. The molecule has 1 heterocycles. The molecule has 0 aliphatic heterocycles. The van der Waals surface area contributed by atoms with E-state index < -0.39 is 0 Å². The van der Waals surface area contributed by atoms with Crippen LogP contribution in [0.25, 0.3) is 0 Å². The zero-order valence-electron chi connectivity index (χ0n) is 13.3. The van der Waals surface area contributed by atoms with Gasteiger partial charge in [0.1, 0.15) is 0 Å². The van der Waals surface area contributed by atoms with E-state index in [1.807, 2.05) is 6.20 Å². The molecule has 0 bridgehead atoms. The molecule has 21 heavy (non-hydrogen) atoms. The molecule has 1 fully saturated rings. The van der Waals surface area contributed by atoms with Crippen molar-refractivity contribution in [2.75, 3.05) is 45.4 Å². The van der Waals surface area contributed by atoms with Gasteiger partial charge in [0.25, 0.3) is 0 Å². The molecule has 0 spiro atoms. The molecule has 1 aromatic heterocycles. The molecule has 0 amide bonds. The first-order valence-electron chi connectivity index (χ1n) is 7.66. The lowest BCUT2D eigenvalue weighted by Crippen LogP contribution is -2.37. The molecular formula is C15H27N3O2S. The minimum absolute atomic E-state index is 0.556. The van der Waals surface area contributed by atoms with E-state index in [0.29, 0.717) is 6.04 Å². The summed E-state index contributed by atoms with van der Waals surface area (Å²) in [5, 5.41) is 4.48. The molecule has 0 radical (unpaired) electrons. The number of hydrogen-bond donors (Lipinski definition) is 1. The van der Waals surface area contributed by atoms with E-state index in [4.69, 9.17) is 9.47 Å². The lowest BCUT2D eigenvalue weighted by molar-refractivity contribution is 0.199. The molecule has 1 N–H and O–H groups in total. The number of thiazole rings is 1. The van der Waals surface area contributed by atoms with E-state index in [0.717, 1.165) is 43.9 Å². The van der Waals surface area contributed by atoms with Crippen molar-refractivity contribution in [3.05, 3.63) is 11.1 Å². The largest absolute Gasteiger partial charge is 0.383 e. The van der Waals surface area contributed by atoms with Gasteiger partial charge in [0.15, 0.2) is 5.13 Å². The average molecular weight is 313 g/mol. The van der Waals surface area contributed by atoms with Crippen molar-refractivity contribution in [3.63, 3.8) is 0 Å². The smallest absolute Gasteiger partial charge is 0.185 e. The third-order valence-electron chi connectivity index (χ3n) is 3.90. The van der Waals surface area contributed by atoms with Crippen molar-refractivity contribution in [1.82, 2.24) is 10.3 Å². The van der Waals surface area contributed by atoms with Gasteiger partial charge < -0.3 is 19.7 Å². The highest BCUT2D eigenvalue weighted by Crippen LogP contribution is 2.37. The Balaban J connectivity index is 1.90. The van der Waals surface area contributed by atoms with Gasteiger partial charge in [-0.05, 0) is 25.7 Å². The van der Waals surface area contributed by atoms with Crippen LogP contribution in [0.15, 0.2) is 6.20 Å². The lowest BCUT2D eigenvalue weighted by Gasteiger charge is -2.28. The first-order valence-corrected chi connectivity index (χ1v) is 8.47. The number of nitrogens with one attached hydrogen (secondary N) is 1. The van der Waals surface area contributed by atoms with E-state index in [1.165, 1.54) is 17.7 Å². The Morgan fingerprint density at radius 2 is 2.14 bits per heavy atom. The predicted molar refractivity (Wildman–Crippen MR) is 87.1 cm³/mol. The molecule has 120 valence electrons. The standard InChI is InChI=1S/C15H27N3O2S/c1-12(13-4-5-13)18(7-9-20-3)15-17-11-14(21-15)10-16-6-8-19-2/h11-13,16H,4-10H2,1-3H3. The lowest BCUT2D eigenvalue weighted by atomic mass is 10.2. The minimum atomic E-state index is 0.556. The summed E-state index contributed by atoms with van der Waals surface area (Å²) < 4.78 is 10.3. The molecule has 0 aromatic carbocycles. The maximum atomic E-state index is 5.25. The Labute approximate surface area is 131 Å². The average Bonchev–Trinajstić information content (AvgIpc) is 3.24. The molecule has 1 unspecified atom stereocenters. The first kappa shape index (κ1) is 16.7. The fourth-order valence-corrected chi connectivity index (χ4v) is 3.39. The van der Waals surface area contributed by atoms with Gasteiger partial charge in [0, 0.05) is 51.0 Å². The van der Waals surface area contributed by atoms with Gasteiger partial charge in [0.2, 0.25) is 0 Å². The Kier molecular flexibility index (Phi) is 6.89. The summed E-state index contributed by atoms with van der Waals surface area (Å²) in [7, 11) is 3.48. The van der Waals surface area contributed by atoms with Crippen molar-refractivity contribution in [3.8, 4) is 0 Å². The monoisotopic (exact) mass is 313 g/mol. The van der Waals surface area contributed by atoms with Crippen LogP contribution in [0.1, 0.15) is 24.6 Å². The van der Waals surface area contributed by atoms with E-state index in [2.05, 4.69) is 22.1 Å². The zero-order chi connectivity index (χ0) is 15.1. The van der Waals surface area contributed by atoms with Crippen molar-refractivity contribution in [2.45, 2.75) is 32.4 Å². The number of anilines is 1. The minimum Gasteiger partial charge on any atom is -0.383 e. The van der Waals surface area contributed by atoms with Crippen LogP contribution in [-0.4, -0.2) is 51.5 Å². The van der Waals surface area contributed by atoms with Gasteiger partial charge in [-0.15, -0.1) is 11.3 Å². The quantitative estimate of drug-likeness (QED) is 0.634. The number of hydrogen-bond acceptors (Lipinski definition) is 6. The molecule has 6 heteroatoms. The van der Waals surface area contributed by atoms with Gasteiger partial charge in [0.05, 0.1) is 13.2 Å². The topological polar surface area (TPSA) is 46.6 Å². The van der Waals surface area contributed by atoms with Crippen LogP contribution in [0.3, 0.4) is 0 Å². The molecule has 1 atom stereocenters. The molecule has 0 saturated heterocycles. The molecular weight excluding hydrogens is 286 g/mol. The van der Waals surface area contributed by atoms with E-state index in [-0.39, 0.29) is 0 Å². The summed E-state index contributed by atoms with van der Waals surface area (Å²) in [6.07, 6.45) is 4.68. The van der Waals surface area contributed by atoms with Crippen molar-refractivity contribution < 1.29 is 9.47 Å². The Bertz CT molecular complexity index is 409. The van der Waals surface area contributed by atoms with E-state index >= 15 is 0 Å². The summed E-state index contributed by atoms with van der Waals surface area (Å²) in [4.78, 5) is 8.29.